The molecule has 0 rings (SSSR count). The molecule has 0 bridgehead atoms. The number of hydrogen-bond acceptors (Lipinski definition) is 1. The Morgan fingerprint density at radius 1 is 1.17 bits per heavy atom. The highest BCUT2D eigenvalue weighted by atomic mass is 28.4. The van der Waals surface area contributed by atoms with Gasteiger partial charge in [-0.3, -0.25) is 0 Å². The zero-order valence-electron chi connectivity index (χ0n) is 9.15. The molecule has 0 aromatic rings. The van der Waals surface area contributed by atoms with Gasteiger partial charge in [-0.2, -0.15) is 0 Å². The van der Waals surface area contributed by atoms with Gasteiger partial charge in [-0.15, -0.1) is 0 Å². The highest BCUT2D eigenvalue weighted by molar-refractivity contribution is 6.69. The Morgan fingerprint density at radius 2 is 1.83 bits per heavy atom. The van der Waals surface area contributed by atoms with Gasteiger partial charge in [0.2, 0.25) is 0 Å². The van der Waals surface area contributed by atoms with Gasteiger partial charge in [0.1, 0.15) is 0 Å². The van der Waals surface area contributed by atoms with E-state index in [1.54, 1.807) is 0 Å². The third kappa shape index (κ3) is 10.4. The second kappa shape index (κ2) is 6.86. The molecule has 1 nitrogen and oxygen atoms in total. The van der Waals surface area contributed by atoms with E-state index in [-0.39, 0.29) is 9.52 Å². The summed E-state index contributed by atoms with van der Waals surface area (Å²) in [5.41, 5.74) is 0. The third-order valence-corrected chi connectivity index (χ3v) is 5.06. The van der Waals surface area contributed by atoms with Gasteiger partial charge in [0.25, 0.3) is 0 Å². The summed E-state index contributed by atoms with van der Waals surface area (Å²) in [6, 6.07) is 3.01. The molecule has 0 N–H and O–H groups in total. The van der Waals surface area contributed by atoms with E-state index in [1.165, 1.54) is 24.9 Å². The molecule has 3 heteroatoms. The van der Waals surface area contributed by atoms with Crippen LogP contribution in [0.5, 0.6) is 0 Å². The lowest BCUT2D eigenvalue weighted by Crippen LogP contribution is -2.25. The summed E-state index contributed by atoms with van der Waals surface area (Å²) in [5, 5.41) is 0. The standard InChI is InChI=1S/C9H24OSi2/c1-5-8-11-9-6-7-10-12(2,3)4/h5-9,11H2,1-4H3. The molecule has 0 radical (unpaired) electrons. The molecule has 0 heterocycles. The van der Waals surface area contributed by atoms with Gasteiger partial charge in [0.15, 0.2) is 8.32 Å². The molecule has 0 aliphatic carbocycles. The van der Waals surface area contributed by atoms with Crippen molar-refractivity contribution in [3.05, 3.63) is 0 Å². The Hall–Kier alpha value is 0.394. The molecule has 0 saturated carbocycles. The van der Waals surface area contributed by atoms with Gasteiger partial charge in [-0.25, -0.2) is 0 Å². The molecule has 0 amide bonds. The maximum absolute atomic E-state index is 5.77. The monoisotopic (exact) mass is 204 g/mol. The van der Waals surface area contributed by atoms with Crippen LogP contribution >= 0.6 is 0 Å². The van der Waals surface area contributed by atoms with Crippen LogP contribution in [0.4, 0.5) is 0 Å². The van der Waals surface area contributed by atoms with Crippen LogP contribution in [0.15, 0.2) is 0 Å². The Morgan fingerprint density at radius 3 is 2.33 bits per heavy atom. The average molecular weight is 204 g/mol. The van der Waals surface area contributed by atoms with Crippen molar-refractivity contribution in [3.8, 4) is 0 Å². The van der Waals surface area contributed by atoms with E-state index < -0.39 is 8.32 Å². The predicted octanol–water partition coefficient (Wildman–Crippen LogP) is 2.64. The molecule has 0 unspecified atom stereocenters. The number of rotatable bonds is 7. The minimum atomic E-state index is -1.21. The summed E-state index contributed by atoms with van der Waals surface area (Å²) >= 11 is 0. The van der Waals surface area contributed by atoms with E-state index in [2.05, 4.69) is 26.6 Å². The van der Waals surface area contributed by atoms with Crippen molar-refractivity contribution in [1.82, 2.24) is 0 Å². The summed E-state index contributed by atoms with van der Waals surface area (Å²) < 4.78 is 5.77. The first-order valence-electron chi connectivity index (χ1n) is 5.20. The minimum absolute atomic E-state index is 0.283. The first-order valence-corrected chi connectivity index (χ1v) is 10.6. The van der Waals surface area contributed by atoms with Gasteiger partial charge in [-0.1, -0.05) is 25.4 Å². The van der Waals surface area contributed by atoms with E-state index >= 15 is 0 Å². The van der Waals surface area contributed by atoms with Crippen LogP contribution < -0.4 is 0 Å². The first kappa shape index (κ1) is 12.4. The normalized spacial score (nSPS) is 13.0. The van der Waals surface area contributed by atoms with E-state index in [1.807, 2.05) is 0 Å². The van der Waals surface area contributed by atoms with Crippen LogP contribution in [0.2, 0.25) is 31.7 Å². The van der Waals surface area contributed by atoms with Gasteiger partial charge < -0.3 is 4.43 Å². The molecule has 0 fully saturated rings. The summed E-state index contributed by atoms with van der Waals surface area (Å²) in [7, 11) is -0.928. The number of hydrogen-bond donors (Lipinski definition) is 0. The fourth-order valence-corrected chi connectivity index (χ4v) is 3.25. The lowest BCUT2D eigenvalue weighted by Gasteiger charge is -2.16. The average Bonchev–Trinajstić information content (AvgIpc) is 1.94. The van der Waals surface area contributed by atoms with Gasteiger partial charge in [0.05, 0.1) is 0 Å². The second-order valence-corrected chi connectivity index (χ2v) is 11.0. The fourth-order valence-electron chi connectivity index (χ4n) is 1.08. The molecule has 12 heavy (non-hydrogen) atoms. The lowest BCUT2D eigenvalue weighted by atomic mass is 10.5. The van der Waals surface area contributed by atoms with Crippen LogP contribution in [0.1, 0.15) is 19.8 Å². The van der Waals surface area contributed by atoms with Crippen LogP contribution in [-0.4, -0.2) is 24.4 Å². The Balaban J connectivity index is 3.01. The Kier molecular flexibility index (Phi) is 7.09. The SMILES string of the molecule is CCC[SiH2]CCCO[Si](C)(C)C. The molecule has 74 valence electrons. The summed E-state index contributed by atoms with van der Waals surface area (Å²) in [6.07, 6.45) is 2.71. The zero-order valence-corrected chi connectivity index (χ0v) is 11.6. The summed E-state index contributed by atoms with van der Waals surface area (Å²) in [4.78, 5) is 0. The molecule has 0 atom stereocenters. The first-order chi connectivity index (χ1) is 5.56. The summed E-state index contributed by atoms with van der Waals surface area (Å²) in [5.74, 6) is 0. The van der Waals surface area contributed by atoms with Crippen molar-refractivity contribution in [1.29, 1.82) is 0 Å². The highest BCUT2D eigenvalue weighted by Gasteiger charge is 2.12. The second-order valence-electron chi connectivity index (χ2n) is 4.38. The van der Waals surface area contributed by atoms with E-state index in [0.29, 0.717) is 0 Å². The fraction of sp³-hybridized carbons (Fsp3) is 1.00. The maximum atomic E-state index is 5.77. The smallest absolute Gasteiger partial charge is 0.183 e. The summed E-state index contributed by atoms with van der Waals surface area (Å²) in [6.45, 7) is 10.1. The van der Waals surface area contributed by atoms with Crippen molar-refractivity contribution >= 4 is 17.8 Å². The molecular formula is C9H24OSi2. The Bertz CT molecular complexity index is 99.2. The largest absolute Gasteiger partial charge is 0.418 e. The van der Waals surface area contributed by atoms with Crippen LogP contribution in [0.25, 0.3) is 0 Å². The van der Waals surface area contributed by atoms with E-state index in [0.717, 1.165) is 6.61 Å². The lowest BCUT2D eigenvalue weighted by molar-refractivity contribution is 0.311. The van der Waals surface area contributed by atoms with Gasteiger partial charge in [0, 0.05) is 16.1 Å². The third-order valence-electron chi connectivity index (χ3n) is 1.78. The van der Waals surface area contributed by atoms with Crippen molar-refractivity contribution in [2.75, 3.05) is 6.61 Å². The molecule has 0 spiro atoms. The Labute approximate surface area is 80.9 Å². The highest BCUT2D eigenvalue weighted by Crippen LogP contribution is 2.04. The van der Waals surface area contributed by atoms with Crippen molar-refractivity contribution in [3.63, 3.8) is 0 Å². The molecule has 0 aromatic heterocycles. The van der Waals surface area contributed by atoms with Crippen LogP contribution in [0.3, 0.4) is 0 Å². The maximum Gasteiger partial charge on any atom is 0.183 e. The van der Waals surface area contributed by atoms with Gasteiger partial charge >= 0.3 is 0 Å². The van der Waals surface area contributed by atoms with Crippen molar-refractivity contribution < 1.29 is 4.43 Å². The van der Waals surface area contributed by atoms with Crippen LogP contribution in [-0.2, 0) is 4.43 Å². The molecular weight excluding hydrogens is 180 g/mol. The molecule has 0 saturated heterocycles. The van der Waals surface area contributed by atoms with E-state index in [4.69, 9.17) is 4.43 Å². The predicted molar refractivity (Wildman–Crippen MR) is 62.4 cm³/mol. The van der Waals surface area contributed by atoms with E-state index in [9.17, 15) is 0 Å². The minimum Gasteiger partial charge on any atom is -0.418 e. The quantitative estimate of drug-likeness (QED) is 0.458. The zero-order chi connectivity index (χ0) is 9.45. The van der Waals surface area contributed by atoms with Crippen LogP contribution in [0, 0.1) is 0 Å². The molecule has 0 aliphatic rings. The molecule has 0 aromatic carbocycles. The van der Waals surface area contributed by atoms with Gasteiger partial charge in [-0.05, 0) is 26.1 Å². The molecule has 0 aliphatic heterocycles. The van der Waals surface area contributed by atoms with Crippen molar-refractivity contribution in [2.45, 2.75) is 51.5 Å². The topological polar surface area (TPSA) is 9.23 Å². The van der Waals surface area contributed by atoms with Crippen molar-refractivity contribution in [2.24, 2.45) is 0 Å².